The summed E-state index contributed by atoms with van der Waals surface area (Å²) in [5, 5.41) is 0. The molecule has 124 valence electrons. The van der Waals surface area contributed by atoms with Crippen LogP contribution < -0.4 is 0 Å². The molecule has 1 aliphatic heterocycles. The molecular formula is C19H19FN2O2. The number of pyridine rings is 1. The van der Waals surface area contributed by atoms with Gasteiger partial charge in [0.05, 0.1) is 18.2 Å². The van der Waals surface area contributed by atoms with Gasteiger partial charge in [0, 0.05) is 12.6 Å². The fourth-order valence-electron chi connectivity index (χ4n) is 3.26. The number of halogens is 1. The Kier molecular flexibility index (Phi) is 4.18. The first-order valence-corrected chi connectivity index (χ1v) is 7.97. The average molecular weight is 326 g/mol. The highest BCUT2D eigenvalue weighted by Crippen LogP contribution is 2.40. The Morgan fingerprint density at radius 1 is 1.21 bits per heavy atom. The Bertz CT molecular complexity index is 788. The molecule has 0 aliphatic carbocycles. The number of benzene rings is 1. The van der Waals surface area contributed by atoms with Crippen LogP contribution in [-0.2, 0) is 21.5 Å². The summed E-state index contributed by atoms with van der Waals surface area (Å²) < 4.78 is 13.3. The maximum Gasteiger partial charge on any atom is 0.240 e. The minimum absolute atomic E-state index is 0.0516. The first kappa shape index (κ1) is 16.3. The number of carbonyl (C=O) groups is 2. The Hall–Kier alpha value is -2.56. The summed E-state index contributed by atoms with van der Waals surface area (Å²) in [4.78, 5) is 30.5. The van der Waals surface area contributed by atoms with Crippen molar-refractivity contribution in [1.29, 1.82) is 0 Å². The number of rotatable bonds is 4. The van der Waals surface area contributed by atoms with Gasteiger partial charge in [-0.1, -0.05) is 36.8 Å². The zero-order valence-corrected chi connectivity index (χ0v) is 13.8. The van der Waals surface area contributed by atoms with Crippen molar-refractivity contribution in [3.63, 3.8) is 0 Å². The number of imide groups is 1. The van der Waals surface area contributed by atoms with E-state index in [0.29, 0.717) is 12.0 Å². The van der Waals surface area contributed by atoms with Gasteiger partial charge < -0.3 is 0 Å². The van der Waals surface area contributed by atoms with Gasteiger partial charge in [-0.25, -0.2) is 4.39 Å². The number of nitrogens with zero attached hydrogens (tertiary/aromatic N) is 2. The quantitative estimate of drug-likeness (QED) is 0.811. The van der Waals surface area contributed by atoms with E-state index in [2.05, 4.69) is 4.98 Å². The first-order valence-electron chi connectivity index (χ1n) is 7.97. The van der Waals surface area contributed by atoms with Crippen LogP contribution in [0.1, 0.15) is 36.5 Å². The zero-order valence-electron chi connectivity index (χ0n) is 13.8. The summed E-state index contributed by atoms with van der Waals surface area (Å²) in [5.41, 5.74) is 1.64. The molecule has 0 saturated carbocycles. The Morgan fingerprint density at radius 2 is 1.92 bits per heavy atom. The smallest absolute Gasteiger partial charge is 0.240 e. The van der Waals surface area contributed by atoms with E-state index in [1.54, 1.807) is 0 Å². The van der Waals surface area contributed by atoms with Gasteiger partial charge in [-0.3, -0.25) is 19.5 Å². The summed E-state index contributed by atoms with van der Waals surface area (Å²) in [6, 6.07) is 9.02. The van der Waals surface area contributed by atoms with Gasteiger partial charge in [0.15, 0.2) is 0 Å². The topological polar surface area (TPSA) is 50.3 Å². The van der Waals surface area contributed by atoms with Crippen LogP contribution in [0.15, 0.2) is 42.7 Å². The first-order chi connectivity index (χ1) is 11.5. The van der Waals surface area contributed by atoms with Gasteiger partial charge in [-0.2, -0.15) is 0 Å². The van der Waals surface area contributed by atoms with Crippen LogP contribution in [0.2, 0.25) is 0 Å². The van der Waals surface area contributed by atoms with Crippen molar-refractivity contribution in [2.75, 3.05) is 0 Å². The highest BCUT2D eigenvalue weighted by molar-refractivity contribution is 6.09. The van der Waals surface area contributed by atoms with E-state index in [4.69, 9.17) is 0 Å². The summed E-state index contributed by atoms with van der Waals surface area (Å²) >= 11 is 0. The van der Waals surface area contributed by atoms with E-state index in [1.807, 2.05) is 38.1 Å². The molecule has 1 aliphatic rings. The molecule has 1 saturated heterocycles. The molecule has 2 aromatic rings. The fourth-order valence-corrected chi connectivity index (χ4v) is 3.26. The molecule has 0 spiro atoms. The molecular weight excluding hydrogens is 307 g/mol. The predicted octanol–water partition coefficient (Wildman–Crippen LogP) is 3.14. The van der Waals surface area contributed by atoms with Crippen LogP contribution in [-0.4, -0.2) is 21.7 Å². The number of aryl methyl sites for hydroxylation is 1. The van der Waals surface area contributed by atoms with Crippen molar-refractivity contribution >= 4 is 11.8 Å². The number of carbonyl (C=O) groups excluding carboxylic acids is 2. The van der Waals surface area contributed by atoms with Crippen LogP contribution in [0.3, 0.4) is 0 Å². The second kappa shape index (κ2) is 6.15. The highest BCUT2D eigenvalue weighted by Gasteiger charge is 2.51. The number of amides is 2. The summed E-state index contributed by atoms with van der Waals surface area (Å²) in [5.74, 6) is -0.929. The molecule has 0 unspecified atom stereocenters. The fraction of sp³-hybridized carbons (Fsp3) is 0.316. The lowest BCUT2D eigenvalue weighted by molar-refractivity contribution is -0.140. The summed E-state index contributed by atoms with van der Waals surface area (Å²) in [6.07, 6.45) is 3.26. The van der Waals surface area contributed by atoms with Crippen molar-refractivity contribution in [1.82, 2.24) is 9.88 Å². The normalized spacial score (nSPS) is 20.7. The van der Waals surface area contributed by atoms with Crippen LogP contribution in [0.4, 0.5) is 4.39 Å². The van der Waals surface area contributed by atoms with E-state index in [0.717, 1.165) is 17.3 Å². The molecule has 0 bridgehead atoms. The molecule has 2 amide bonds. The third kappa shape index (κ3) is 2.70. The molecule has 4 nitrogen and oxygen atoms in total. The second-order valence-corrected chi connectivity index (χ2v) is 6.27. The van der Waals surface area contributed by atoms with Gasteiger partial charge >= 0.3 is 0 Å². The molecule has 3 rings (SSSR count). The Balaban J connectivity index is 1.93. The van der Waals surface area contributed by atoms with E-state index < -0.39 is 11.2 Å². The average Bonchev–Trinajstić information content (AvgIpc) is 2.81. The molecule has 24 heavy (non-hydrogen) atoms. The summed E-state index contributed by atoms with van der Waals surface area (Å²) in [6.45, 7) is 3.95. The number of aromatic nitrogens is 1. The van der Waals surface area contributed by atoms with Crippen LogP contribution in [0.25, 0.3) is 0 Å². The standard InChI is InChI=1S/C19H19FN2O2/c1-3-19(15-6-4-13(2)5-7-15)9-17(23)22(18(19)24)12-14-8-16(20)11-21-10-14/h4-8,10-11H,3,9,12H2,1-2H3/t19-/m0/s1. The molecule has 0 N–H and O–H groups in total. The third-order valence-corrected chi connectivity index (χ3v) is 4.72. The van der Waals surface area contributed by atoms with E-state index in [9.17, 15) is 14.0 Å². The lowest BCUT2D eigenvalue weighted by Gasteiger charge is -2.26. The lowest BCUT2D eigenvalue weighted by atomic mass is 9.76. The molecule has 1 aromatic carbocycles. The van der Waals surface area contributed by atoms with Crippen LogP contribution in [0.5, 0.6) is 0 Å². The van der Waals surface area contributed by atoms with Crippen molar-refractivity contribution < 1.29 is 14.0 Å². The van der Waals surface area contributed by atoms with Crippen molar-refractivity contribution in [3.8, 4) is 0 Å². The van der Waals surface area contributed by atoms with Gasteiger partial charge in [-0.05, 0) is 30.5 Å². The van der Waals surface area contributed by atoms with Gasteiger partial charge in [-0.15, -0.1) is 0 Å². The largest absolute Gasteiger partial charge is 0.277 e. The number of likely N-dealkylation sites (tertiary alicyclic amines) is 1. The van der Waals surface area contributed by atoms with Crippen molar-refractivity contribution in [3.05, 3.63) is 65.2 Å². The molecule has 0 radical (unpaired) electrons. The van der Waals surface area contributed by atoms with Crippen molar-refractivity contribution in [2.45, 2.75) is 38.6 Å². The van der Waals surface area contributed by atoms with Crippen LogP contribution in [0, 0.1) is 12.7 Å². The van der Waals surface area contributed by atoms with Crippen molar-refractivity contribution in [2.24, 2.45) is 0 Å². The SMILES string of the molecule is CC[C@@]1(c2ccc(C)cc2)CC(=O)N(Cc2cncc(F)c2)C1=O. The lowest BCUT2D eigenvalue weighted by Crippen LogP contribution is -2.37. The minimum atomic E-state index is -0.828. The molecule has 1 fully saturated rings. The zero-order chi connectivity index (χ0) is 17.3. The maximum absolute atomic E-state index is 13.3. The predicted molar refractivity (Wildman–Crippen MR) is 87.5 cm³/mol. The van der Waals surface area contributed by atoms with Gasteiger partial charge in [0.2, 0.25) is 11.8 Å². The van der Waals surface area contributed by atoms with Gasteiger partial charge in [0.25, 0.3) is 0 Å². The molecule has 1 aromatic heterocycles. The Labute approximate surface area is 140 Å². The van der Waals surface area contributed by atoms with E-state index in [-0.39, 0.29) is 24.8 Å². The number of hydrogen-bond acceptors (Lipinski definition) is 3. The van der Waals surface area contributed by atoms with E-state index in [1.165, 1.54) is 17.2 Å². The summed E-state index contributed by atoms with van der Waals surface area (Å²) in [7, 11) is 0. The second-order valence-electron chi connectivity index (χ2n) is 6.27. The van der Waals surface area contributed by atoms with E-state index >= 15 is 0 Å². The molecule has 5 heteroatoms. The highest BCUT2D eigenvalue weighted by atomic mass is 19.1. The molecule has 1 atom stereocenters. The monoisotopic (exact) mass is 326 g/mol. The Morgan fingerprint density at radius 3 is 2.54 bits per heavy atom. The minimum Gasteiger partial charge on any atom is -0.277 e. The molecule has 2 heterocycles. The number of hydrogen-bond donors (Lipinski definition) is 0. The maximum atomic E-state index is 13.3. The van der Waals surface area contributed by atoms with Gasteiger partial charge in [0.1, 0.15) is 5.82 Å². The van der Waals surface area contributed by atoms with Crippen LogP contribution >= 0.6 is 0 Å². The third-order valence-electron chi connectivity index (χ3n) is 4.72.